The Labute approximate surface area is 138 Å². The standard InChI is InChI=1S/C17H16N4O3/c1-10-16(19-7-6-18-10)13-5-4-12(22)8-14(13)23-9-15-20-17(21-24-15)11-2-3-11/h4-8,11,22H,2-3,9H2,1H3. The van der Waals surface area contributed by atoms with Gasteiger partial charge in [0, 0.05) is 29.9 Å². The van der Waals surface area contributed by atoms with Crippen LogP contribution in [0.5, 0.6) is 11.5 Å². The van der Waals surface area contributed by atoms with Crippen molar-refractivity contribution in [3.8, 4) is 22.8 Å². The van der Waals surface area contributed by atoms with Crippen LogP contribution in [-0.2, 0) is 6.61 Å². The molecule has 7 nitrogen and oxygen atoms in total. The predicted octanol–water partition coefficient (Wildman–Crippen LogP) is 3.00. The molecule has 1 N–H and O–H groups in total. The van der Waals surface area contributed by atoms with E-state index in [1.165, 1.54) is 0 Å². The molecule has 1 fully saturated rings. The number of phenols is 1. The summed E-state index contributed by atoms with van der Waals surface area (Å²) in [5.41, 5.74) is 2.24. The van der Waals surface area contributed by atoms with E-state index in [0.29, 0.717) is 23.3 Å². The van der Waals surface area contributed by atoms with Crippen molar-refractivity contribution in [2.24, 2.45) is 0 Å². The van der Waals surface area contributed by atoms with E-state index in [0.717, 1.165) is 29.9 Å². The number of rotatable bonds is 5. The Hall–Kier alpha value is -2.96. The van der Waals surface area contributed by atoms with E-state index in [2.05, 4.69) is 20.1 Å². The van der Waals surface area contributed by atoms with E-state index in [1.54, 1.807) is 30.6 Å². The first-order valence-electron chi connectivity index (χ1n) is 7.77. The summed E-state index contributed by atoms with van der Waals surface area (Å²) < 4.78 is 11.0. The normalized spacial score (nSPS) is 13.9. The molecule has 122 valence electrons. The van der Waals surface area contributed by atoms with Crippen molar-refractivity contribution >= 4 is 0 Å². The summed E-state index contributed by atoms with van der Waals surface area (Å²) in [6.45, 7) is 2.01. The molecule has 0 amide bonds. The van der Waals surface area contributed by atoms with Crippen LogP contribution in [0.25, 0.3) is 11.3 Å². The molecule has 0 aliphatic heterocycles. The van der Waals surface area contributed by atoms with Gasteiger partial charge in [0.15, 0.2) is 12.4 Å². The maximum absolute atomic E-state index is 9.77. The summed E-state index contributed by atoms with van der Waals surface area (Å²) in [5, 5.41) is 13.7. The lowest BCUT2D eigenvalue weighted by molar-refractivity contribution is 0.242. The van der Waals surface area contributed by atoms with Gasteiger partial charge >= 0.3 is 0 Å². The fraction of sp³-hybridized carbons (Fsp3) is 0.294. The van der Waals surface area contributed by atoms with Crippen LogP contribution < -0.4 is 4.74 Å². The zero-order valence-corrected chi connectivity index (χ0v) is 13.1. The van der Waals surface area contributed by atoms with E-state index >= 15 is 0 Å². The first-order chi connectivity index (χ1) is 11.7. The Morgan fingerprint density at radius 2 is 2.08 bits per heavy atom. The highest BCUT2D eigenvalue weighted by molar-refractivity contribution is 5.69. The summed E-state index contributed by atoms with van der Waals surface area (Å²) >= 11 is 0. The minimum Gasteiger partial charge on any atom is -0.508 e. The maximum Gasteiger partial charge on any atom is 0.264 e. The molecule has 3 aromatic rings. The number of phenolic OH excluding ortho intramolecular Hbond substituents is 1. The number of benzene rings is 1. The van der Waals surface area contributed by atoms with Gasteiger partial charge in [-0.15, -0.1) is 0 Å². The molecule has 0 atom stereocenters. The van der Waals surface area contributed by atoms with Crippen LogP contribution in [0.3, 0.4) is 0 Å². The molecular weight excluding hydrogens is 308 g/mol. The van der Waals surface area contributed by atoms with Crippen LogP contribution >= 0.6 is 0 Å². The lowest BCUT2D eigenvalue weighted by Gasteiger charge is -2.11. The monoisotopic (exact) mass is 324 g/mol. The van der Waals surface area contributed by atoms with E-state index < -0.39 is 0 Å². The highest BCUT2D eigenvalue weighted by Gasteiger charge is 2.28. The summed E-state index contributed by atoms with van der Waals surface area (Å²) in [4.78, 5) is 12.9. The molecule has 7 heteroatoms. The van der Waals surface area contributed by atoms with Crippen molar-refractivity contribution in [3.05, 3.63) is 48.0 Å². The lowest BCUT2D eigenvalue weighted by Crippen LogP contribution is -1.99. The largest absolute Gasteiger partial charge is 0.508 e. The minimum absolute atomic E-state index is 0.111. The molecular formula is C17H16N4O3. The Bertz CT molecular complexity index is 874. The van der Waals surface area contributed by atoms with Gasteiger partial charge in [-0.2, -0.15) is 4.98 Å². The van der Waals surface area contributed by atoms with E-state index in [4.69, 9.17) is 9.26 Å². The summed E-state index contributed by atoms with van der Waals surface area (Å²) in [7, 11) is 0. The van der Waals surface area contributed by atoms with E-state index in [9.17, 15) is 5.11 Å². The van der Waals surface area contributed by atoms with E-state index in [1.807, 2.05) is 6.92 Å². The fourth-order valence-corrected chi connectivity index (χ4v) is 2.47. The molecule has 4 rings (SSSR count). The molecule has 2 heterocycles. The molecule has 1 saturated carbocycles. The van der Waals surface area contributed by atoms with Crippen molar-refractivity contribution < 1.29 is 14.4 Å². The van der Waals surface area contributed by atoms with Crippen LogP contribution in [0, 0.1) is 6.92 Å². The second kappa shape index (κ2) is 5.92. The Balaban J connectivity index is 1.59. The van der Waals surface area contributed by atoms with Crippen LogP contribution in [-0.4, -0.2) is 25.2 Å². The zero-order valence-electron chi connectivity index (χ0n) is 13.1. The van der Waals surface area contributed by atoms with Gasteiger partial charge < -0.3 is 14.4 Å². The molecule has 0 radical (unpaired) electrons. The van der Waals surface area contributed by atoms with Crippen LogP contribution in [0.2, 0.25) is 0 Å². The molecule has 0 bridgehead atoms. The maximum atomic E-state index is 9.77. The van der Waals surface area contributed by atoms with Gasteiger partial charge in [-0.1, -0.05) is 5.16 Å². The molecule has 24 heavy (non-hydrogen) atoms. The third-order valence-electron chi connectivity index (χ3n) is 3.88. The molecule has 2 aromatic heterocycles. The molecule has 0 spiro atoms. The summed E-state index contributed by atoms with van der Waals surface area (Å²) in [5.74, 6) is 2.20. The van der Waals surface area contributed by atoms with Gasteiger partial charge in [-0.25, -0.2) is 0 Å². The highest BCUT2D eigenvalue weighted by atomic mass is 16.5. The number of hydrogen-bond acceptors (Lipinski definition) is 7. The molecule has 0 unspecified atom stereocenters. The number of ether oxygens (including phenoxy) is 1. The topological polar surface area (TPSA) is 94.2 Å². The number of aromatic hydroxyl groups is 1. The third kappa shape index (κ3) is 2.92. The van der Waals surface area contributed by atoms with Gasteiger partial charge in [0.1, 0.15) is 11.5 Å². The lowest BCUT2D eigenvalue weighted by atomic mass is 10.1. The predicted molar refractivity (Wildman–Crippen MR) is 84.5 cm³/mol. The fourth-order valence-electron chi connectivity index (χ4n) is 2.47. The summed E-state index contributed by atoms with van der Waals surface area (Å²) in [6, 6.07) is 4.89. The average Bonchev–Trinajstić information content (AvgIpc) is 3.33. The SMILES string of the molecule is Cc1nccnc1-c1ccc(O)cc1OCc1nc(C2CC2)no1. The third-order valence-corrected chi connectivity index (χ3v) is 3.88. The van der Waals surface area contributed by atoms with Crippen molar-refractivity contribution in [1.29, 1.82) is 0 Å². The van der Waals surface area contributed by atoms with Gasteiger partial charge in [-0.3, -0.25) is 9.97 Å². The zero-order chi connectivity index (χ0) is 16.5. The first-order valence-corrected chi connectivity index (χ1v) is 7.77. The molecule has 1 aliphatic rings. The second-order valence-electron chi connectivity index (χ2n) is 5.78. The number of aryl methyl sites for hydroxylation is 1. The quantitative estimate of drug-likeness (QED) is 0.771. The van der Waals surface area contributed by atoms with Gasteiger partial charge in [-0.05, 0) is 31.9 Å². The van der Waals surface area contributed by atoms with Gasteiger partial charge in [0.05, 0.1) is 11.4 Å². The van der Waals surface area contributed by atoms with Crippen LogP contribution in [0.1, 0.15) is 36.2 Å². The van der Waals surface area contributed by atoms with E-state index in [-0.39, 0.29) is 12.4 Å². The van der Waals surface area contributed by atoms with Crippen molar-refractivity contribution in [2.45, 2.75) is 32.3 Å². The van der Waals surface area contributed by atoms with Crippen LogP contribution in [0.4, 0.5) is 0 Å². The molecule has 1 aliphatic carbocycles. The molecule has 0 saturated heterocycles. The van der Waals surface area contributed by atoms with Crippen LogP contribution in [0.15, 0.2) is 35.1 Å². The van der Waals surface area contributed by atoms with Crippen molar-refractivity contribution in [2.75, 3.05) is 0 Å². The van der Waals surface area contributed by atoms with Gasteiger partial charge in [0.25, 0.3) is 5.89 Å². The number of aromatic nitrogens is 4. The summed E-state index contributed by atoms with van der Waals surface area (Å²) in [6.07, 6.45) is 5.49. The Kier molecular flexibility index (Phi) is 3.60. The number of hydrogen-bond donors (Lipinski definition) is 1. The molecule has 1 aromatic carbocycles. The minimum atomic E-state index is 0.111. The highest BCUT2D eigenvalue weighted by Crippen LogP contribution is 2.38. The van der Waals surface area contributed by atoms with Crippen molar-refractivity contribution in [1.82, 2.24) is 20.1 Å². The van der Waals surface area contributed by atoms with Gasteiger partial charge in [0.2, 0.25) is 0 Å². The Morgan fingerprint density at radius 3 is 2.88 bits per heavy atom. The average molecular weight is 324 g/mol. The smallest absolute Gasteiger partial charge is 0.264 e. The second-order valence-corrected chi connectivity index (χ2v) is 5.78. The van der Waals surface area contributed by atoms with Crippen molar-refractivity contribution in [3.63, 3.8) is 0 Å². The Morgan fingerprint density at radius 1 is 1.25 bits per heavy atom. The number of nitrogens with zero attached hydrogens (tertiary/aromatic N) is 4. The first kappa shape index (κ1) is 14.6.